The summed E-state index contributed by atoms with van der Waals surface area (Å²) in [5, 5.41) is 33.0. The van der Waals surface area contributed by atoms with E-state index in [1.807, 2.05) is 0 Å². The third kappa shape index (κ3) is 5.60. The van der Waals surface area contributed by atoms with Gasteiger partial charge in [0, 0.05) is 38.4 Å². The summed E-state index contributed by atoms with van der Waals surface area (Å²) in [7, 11) is 4.47. The number of ether oxygens (including phenoxy) is 4. The molecule has 4 N–H and O–H groups in total. The van der Waals surface area contributed by atoms with Crippen molar-refractivity contribution in [3.05, 3.63) is 34.9 Å². The lowest BCUT2D eigenvalue weighted by molar-refractivity contribution is -0.139. The van der Waals surface area contributed by atoms with Crippen LogP contribution in [0, 0.1) is 0 Å². The number of nitrogens with zero attached hydrogens (tertiary/aromatic N) is 1. The van der Waals surface area contributed by atoms with Gasteiger partial charge in [0.15, 0.2) is 11.5 Å². The minimum Gasteiger partial charge on any atom is -0.493 e. The number of benzene rings is 1. The van der Waals surface area contributed by atoms with Crippen molar-refractivity contribution in [3.63, 3.8) is 0 Å². The average molecular weight is 495 g/mol. The zero-order valence-corrected chi connectivity index (χ0v) is 20.2. The van der Waals surface area contributed by atoms with Crippen LogP contribution >= 0.6 is 0 Å². The first-order valence-corrected chi connectivity index (χ1v) is 11.5. The molecule has 0 bridgehead atoms. The lowest BCUT2D eigenvalue weighted by Gasteiger charge is -2.40. The summed E-state index contributed by atoms with van der Waals surface area (Å²) < 4.78 is 21.8. The van der Waals surface area contributed by atoms with Gasteiger partial charge in [-0.05, 0) is 23.8 Å². The van der Waals surface area contributed by atoms with Gasteiger partial charge in [0.1, 0.15) is 12.2 Å². The molecule has 0 radical (unpaired) electrons. The van der Waals surface area contributed by atoms with Crippen LogP contribution < -0.4 is 14.8 Å². The number of nitrogens with one attached hydrogen (secondary N) is 1. The highest BCUT2D eigenvalue weighted by atomic mass is 16.5. The minimum atomic E-state index is -1.17. The number of methoxy groups -OCH3 is 3. The van der Waals surface area contributed by atoms with Crippen molar-refractivity contribution in [1.82, 2.24) is 10.2 Å². The first-order chi connectivity index (χ1) is 16.9. The van der Waals surface area contributed by atoms with Gasteiger partial charge in [-0.1, -0.05) is 0 Å². The minimum absolute atomic E-state index is 0.0364. The summed E-state index contributed by atoms with van der Waals surface area (Å²) in [6.45, 7) is 0.156. The molecule has 3 rings (SSSR count). The van der Waals surface area contributed by atoms with Crippen LogP contribution in [0.5, 0.6) is 11.5 Å². The molecule has 1 aliphatic carbocycles. The van der Waals surface area contributed by atoms with E-state index in [4.69, 9.17) is 18.9 Å². The molecule has 1 aromatic rings. The normalized spacial score (nSPS) is 22.5. The van der Waals surface area contributed by atoms with Crippen LogP contribution in [-0.4, -0.2) is 105 Å². The van der Waals surface area contributed by atoms with Crippen molar-refractivity contribution in [3.8, 4) is 11.5 Å². The van der Waals surface area contributed by atoms with Gasteiger partial charge < -0.3 is 44.5 Å². The highest BCUT2D eigenvalue weighted by molar-refractivity contribution is 5.96. The maximum Gasteiger partial charge on any atom is 0.247 e. The molecule has 0 spiro atoms. The van der Waals surface area contributed by atoms with Crippen molar-refractivity contribution in [2.75, 3.05) is 54.2 Å². The van der Waals surface area contributed by atoms with E-state index in [1.165, 1.54) is 26.2 Å². The number of hydrogen-bond donors (Lipinski definition) is 4. The van der Waals surface area contributed by atoms with Crippen LogP contribution in [0.15, 0.2) is 23.8 Å². The van der Waals surface area contributed by atoms with Gasteiger partial charge in [-0.3, -0.25) is 9.59 Å². The third-order valence-electron chi connectivity index (χ3n) is 6.23. The molecular weight excluding hydrogens is 460 g/mol. The van der Waals surface area contributed by atoms with Crippen LogP contribution in [-0.2, 0) is 25.7 Å². The van der Waals surface area contributed by atoms with E-state index in [-0.39, 0.29) is 57.4 Å². The van der Waals surface area contributed by atoms with E-state index in [2.05, 4.69) is 5.32 Å². The fraction of sp³-hybridized carbons (Fsp3) is 0.583. The Bertz CT molecular complexity index is 936. The van der Waals surface area contributed by atoms with Gasteiger partial charge in [0.25, 0.3) is 0 Å². The predicted octanol–water partition coefficient (Wildman–Crippen LogP) is -0.678. The van der Waals surface area contributed by atoms with Crippen LogP contribution in [0.1, 0.15) is 23.5 Å². The highest BCUT2D eigenvalue weighted by Gasteiger charge is 2.51. The zero-order chi connectivity index (χ0) is 25.5. The van der Waals surface area contributed by atoms with Gasteiger partial charge in [-0.2, -0.15) is 0 Å². The molecule has 0 aromatic heterocycles. The second kappa shape index (κ2) is 12.3. The number of aliphatic hydroxyl groups excluding tert-OH is 3. The monoisotopic (exact) mass is 494 g/mol. The van der Waals surface area contributed by atoms with Crippen molar-refractivity contribution in [2.45, 2.75) is 37.2 Å². The van der Waals surface area contributed by atoms with Crippen molar-refractivity contribution >= 4 is 11.8 Å². The molecule has 11 heteroatoms. The highest BCUT2D eigenvalue weighted by Crippen LogP contribution is 2.51. The molecule has 35 heavy (non-hydrogen) atoms. The molecule has 4 unspecified atom stereocenters. The number of rotatable bonds is 12. The summed E-state index contributed by atoms with van der Waals surface area (Å²) in [5.74, 6) is -0.657. The number of carbonyl (C=O) groups excluding carboxylic acids is 2. The van der Waals surface area contributed by atoms with Crippen LogP contribution in [0.2, 0.25) is 0 Å². The fourth-order valence-electron chi connectivity index (χ4n) is 4.58. The molecule has 194 valence electrons. The summed E-state index contributed by atoms with van der Waals surface area (Å²) >= 11 is 0. The van der Waals surface area contributed by atoms with Crippen molar-refractivity contribution < 1.29 is 43.9 Å². The summed E-state index contributed by atoms with van der Waals surface area (Å²) in [5.41, 5.74) is 1.44. The Kier molecular flexibility index (Phi) is 9.47. The Morgan fingerprint density at radius 2 is 1.89 bits per heavy atom. The first-order valence-electron chi connectivity index (χ1n) is 11.5. The van der Waals surface area contributed by atoms with Crippen molar-refractivity contribution in [1.29, 1.82) is 0 Å². The van der Waals surface area contributed by atoms with Crippen LogP contribution in [0.25, 0.3) is 0 Å². The quantitative estimate of drug-likeness (QED) is 0.297. The summed E-state index contributed by atoms with van der Waals surface area (Å²) in [4.78, 5) is 27.7. The Morgan fingerprint density at radius 3 is 2.51 bits per heavy atom. The summed E-state index contributed by atoms with van der Waals surface area (Å²) in [6, 6.07) is 2.48. The van der Waals surface area contributed by atoms with E-state index in [9.17, 15) is 24.9 Å². The van der Waals surface area contributed by atoms with Crippen LogP contribution in [0.4, 0.5) is 0 Å². The molecule has 0 saturated carbocycles. The van der Waals surface area contributed by atoms with Crippen molar-refractivity contribution in [2.24, 2.45) is 0 Å². The van der Waals surface area contributed by atoms with Gasteiger partial charge in [-0.25, -0.2) is 0 Å². The van der Waals surface area contributed by atoms with Gasteiger partial charge in [0.05, 0.1) is 51.9 Å². The first kappa shape index (κ1) is 26.9. The Labute approximate surface area is 204 Å². The predicted molar refractivity (Wildman–Crippen MR) is 124 cm³/mol. The Hall–Kier alpha value is -2.70. The molecule has 2 aliphatic rings. The fourth-order valence-corrected chi connectivity index (χ4v) is 4.58. The second-order valence-electron chi connectivity index (χ2n) is 8.34. The zero-order valence-electron chi connectivity index (χ0n) is 20.2. The standard InChI is InChI=1S/C24H34N2O9/c1-32-8-4-19(29)26(6-9-33-2)17-12-16(24(31)25-5-7-27)20-15-10-14(13-28)11-18(34-3)22(15)35-23(20)21(17)30/h10-12,17,20-21,23,27-28,30H,4-9,13H2,1-3H3,(H,25,31). The second-order valence-corrected chi connectivity index (χ2v) is 8.34. The molecule has 1 heterocycles. The molecular formula is C24H34N2O9. The SMILES string of the molecule is COCCC(=O)N(CCOC)C1C=C(C(=O)NCCO)C2c3cc(CO)cc(OC)c3OC2C1O. The van der Waals surface area contributed by atoms with E-state index in [0.29, 0.717) is 22.6 Å². The number of hydrogen-bond acceptors (Lipinski definition) is 9. The molecule has 4 atom stereocenters. The van der Waals surface area contributed by atoms with E-state index in [1.54, 1.807) is 18.2 Å². The third-order valence-corrected chi connectivity index (χ3v) is 6.23. The molecule has 0 fully saturated rings. The Balaban J connectivity index is 2.09. The smallest absolute Gasteiger partial charge is 0.247 e. The van der Waals surface area contributed by atoms with Gasteiger partial charge in [0.2, 0.25) is 11.8 Å². The number of aliphatic hydroxyl groups is 3. The molecule has 11 nitrogen and oxygen atoms in total. The Morgan fingerprint density at radius 1 is 1.14 bits per heavy atom. The molecule has 1 aromatic carbocycles. The van der Waals surface area contributed by atoms with E-state index in [0.717, 1.165) is 0 Å². The number of carbonyl (C=O) groups is 2. The lowest BCUT2D eigenvalue weighted by atomic mass is 9.77. The lowest BCUT2D eigenvalue weighted by Crippen LogP contribution is -2.56. The topological polar surface area (TPSA) is 147 Å². The maximum atomic E-state index is 13.2. The largest absolute Gasteiger partial charge is 0.493 e. The van der Waals surface area contributed by atoms with Gasteiger partial charge >= 0.3 is 0 Å². The summed E-state index contributed by atoms with van der Waals surface area (Å²) in [6.07, 6.45) is -0.396. The molecule has 1 aliphatic heterocycles. The van der Waals surface area contributed by atoms with Gasteiger partial charge in [-0.15, -0.1) is 0 Å². The molecule has 2 amide bonds. The van der Waals surface area contributed by atoms with Crippen LogP contribution in [0.3, 0.4) is 0 Å². The molecule has 0 saturated heterocycles. The maximum absolute atomic E-state index is 13.2. The van der Waals surface area contributed by atoms with E-state index >= 15 is 0 Å². The number of fused-ring (bicyclic) bond motifs is 3. The average Bonchev–Trinajstić information content (AvgIpc) is 3.26. The number of amides is 2. The van der Waals surface area contributed by atoms with E-state index < -0.39 is 30.1 Å².